The lowest BCUT2D eigenvalue weighted by atomic mass is 10.0. The number of aromatic nitrogens is 2. The summed E-state index contributed by atoms with van der Waals surface area (Å²) in [6.07, 6.45) is 0. The van der Waals surface area contributed by atoms with Crippen molar-refractivity contribution in [2.45, 2.75) is 20.8 Å². The summed E-state index contributed by atoms with van der Waals surface area (Å²) in [5, 5.41) is 4.65. The van der Waals surface area contributed by atoms with E-state index in [-0.39, 0.29) is 11.8 Å². The van der Waals surface area contributed by atoms with Gasteiger partial charge in [-0.15, -0.1) is 0 Å². The van der Waals surface area contributed by atoms with Gasteiger partial charge < -0.3 is 14.3 Å². The molecule has 144 valence electrons. The molecule has 1 aromatic carbocycles. The number of carbonyl (C=O) groups is 2. The van der Waals surface area contributed by atoms with Crippen LogP contribution >= 0.6 is 0 Å². The monoisotopic (exact) mass is 378 g/mol. The molecule has 28 heavy (non-hydrogen) atoms. The Balaban J connectivity index is 1.73. The molecular formula is C21H22N4O3. The highest BCUT2D eigenvalue weighted by Gasteiger charge is 2.27. The first-order valence-electron chi connectivity index (χ1n) is 9.33. The van der Waals surface area contributed by atoms with Gasteiger partial charge in [0.25, 0.3) is 11.6 Å². The Morgan fingerprint density at radius 1 is 1.00 bits per heavy atom. The molecule has 3 aromatic rings. The van der Waals surface area contributed by atoms with Crippen LogP contribution in [0.15, 0.2) is 34.9 Å². The second-order valence-electron chi connectivity index (χ2n) is 7.17. The molecule has 1 aliphatic rings. The van der Waals surface area contributed by atoms with Crippen molar-refractivity contribution in [3.63, 3.8) is 0 Å². The number of hydrogen-bond acceptors (Lipinski definition) is 5. The topological polar surface area (TPSA) is 79.5 Å². The van der Waals surface area contributed by atoms with Crippen LogP contribution in [0.3, 0.4) is 0 Å². The van der Waals surface area contributed by atoms with Gasteiger partial charge in [-0.1, -0.05) is 35.0 Å². The summed E-state index contributed by atoms with van der Waals surface area (Å²) < 4.78 is 5.38. The van der Waals surface area contributed by atoms with E-state index in [1.165, 1.54) is 0 Å². The summed E-state index contributed by atoms with van der Waals surface area (Å²) in [7, 11) is 0. The molecule has 3 heterocycles. The third-order valence-electron chi connectivity index (χ3n) is 5.21. The molecule has 4 rings (SSSR count). The van der Waals surface area contributed by atoms with Crippen LogP contribution in [-0.2, 0) is 4.79 Å². The lowest BCUT2D eigenvalue weighted by molar-refractivity contribution is -0.130. The third kappa shape index (κ3) is 3.24. The molecule has 1 saturated heterocycles. The minimum atomic E-state index is -0.0877. The predicted octanol–water partition coefficient (Wildman–Crippen LogP) is 2.81. The SMILES string of the molecule is CC(=O)N1CCN(C(=O)c2cc(-c3ccc(C)cc3)nc3onc(C)c23)CC1. The quantitative estimate of drug-likeness (QED) is 0.685. The van der Waals surface area contributed by atoms with Gasteiger partial charge in [-0.05, 0) is 19.9 Å². The fourth-order valence-corrected chi connectivity index (χ4v) is 3.53. The van der Waals surface area contributed by atoms with E-state index in [9.17, 15) is 9.59 Å². The lowest BCUT2D eigenvalue weighted by Gasteiger charge is -2.34. The second-order valence-corrected chi connectivity index (χ2v) is 7.17. The highest BCUT2D eigenvalue weighted by molar-refractivity contribution is 6.07. The molecule has 2 amide bonds. The smallest absolute Gasteiger partial charge is 0.259 e. The summed E-state index contributed by atoms with van der Waals surface area (Å²) in [5.41, 5.74) is 4.28. The van der Waals surface area contributed by atoms with Gasteiger partial charge in [0.05, 0.1) is 22.3 Å². The summed E-state index contributed by atoms with van der Waals surface area (Å²) in [4.78, 5) is 33.0. The first kappa shape index (κ1) is 18.2. The van der Waals surface area contributed by atoms with Gasteiger partial charge in [0.2, 0.25) is 5.91 Å². The van der Waals surface area contributed by atoms with Crippen molar-refractivity contribution in [1.82, 2.24) is 19.9 Å². The third-order valence-corrected chi connectivity index (χ3v) is 5.21. The van der Waals surface area contributed by atoms with Gasteiger partial charge >= 0.3 is 0 Å². The molecule has 0 N–H and O–H groups in total. The lowest BCUT2D eigenvalue weighted by Crippen LogP contribution is -2.50. The molecule has 0 atom stereocenters. The van der Waals surface area contributed by atoms with Crippen molar-refractivity contribution in [2.24, 2.45) is 0 Å². The molecule has 1 aliphatic heterocycles. The first-order chi connectivity index (χ1) is 13.4. The predicted molar refractivity (Wildman–Crippen MR) is 105 cm³/mol. The fourth-order valence-electron chi connectivity index (χ4n) is 3.53. The number of benzene rings is 1. The van der Waals surface area contributed by atoms with Crippen molar-refractivity contribution in [3.05, 3.63) is 47.2 Å². The number of piperazine rings is 1. The average Bonchev–Trinajstić information content (AvgIpc) is 3.08. The number of fused-ring (bicyclic) bond motifs is 1. The van der Waals surface area contributed by atoms with Crippen molar-refractivity contribution in [1.29, 1.82) is 0 Å². The van der Waals surface area contributed by atoms with E-state index in [1.807, 2.05) is 44.2 Å². The maximum atomic E-state index is 13.3. The number of carbonyl (C=O) groups excluding carboxylic acids is 2. The van der Waals surface area contributed by atoms with Crippen LogP contribution in [0.25, 0.3) is 22.4 Å². The molecule has 0 saturated carbocycles. The van der Waals surface area contributed by atoms with E-state index in [1.54, 1.807) is 16.7 Å². The highest BCUT2D eigenvalue weighted by Crippen LogP contribution is 2.28. The largest absolute Gasteiger partial charge is 0.339 e. The summed E-state index contributed by atoms with van der Waals surface area (Å²) in [6.45, 7) is 7.49. The fraction of sp³-hybridized carbons (Fsp3) is 0.333. The van der Waals surface area contributed by atoms with Gasteiger partial charge in [0.1, 0.15) is 0 Å². The van der Waals surface area contributed by atoms with Gasteiger partial charge in [0.15, 0.2) is 0 Å². The number of pyridine rings is 1. The molecular weight excluding hydrogens is 356 g/mol. The van der Waals surface area contributed by atoms with Gasteiger partial charge in [-0.2, -0.15) is 0 Å². The summed E-state index contributed by atoms with van der Waals surface area (Å²) in [5.74, 6) is -0.0507. The minimum Gasteiger partial charge on any atom is -0.339 e. The molecule has 7 nitrogen and oxygen atoms in total. The minimum absolute atomic E-state index is 0.0370. The van der Waals surface area contributed by atoms with E-state index in [4.69, 9.17) is 4.52 Å². The zero-order chi connectivity index (χ0) is 19.8. The van der Waals surface area contributed by atoms with Crippen LogP contribution in [0.5, 0.6) is 0 Å². The van der Waals surface area contributed by atoms with E-state index in [0.717, 1.165) is 11.1 Å². The summed E-state index contributed by atoms with van der Waals surface area (Å²) >= 11 is 0. The molecule has 0 spiro atoms. The number of amides is 2. The van der Waals surface area contributed by atoms with Crippen LogP contribution in [0.1, 0.15) is 28.5 Å². The molecule has 1 fully saturated rings. The van der Waals surface area contributed by atoms with Crippen molar-refractivity contribution >= 4 is 22.9 Å². The number of nitrogens with zero attached hydrogens (tertiary/aromatic N) is 4. The molecule has 0 aliphatic carbocycles. The molecule has 0 unspecified atom stereocenters. The number of rotatable bonds is 2. The van der Waals surface area contributed by atoms with E-state index in [0.29, 0.717) is 54.2 Å². The number of hydrogen-bond donors (Lipinski definition) is 0. The van der Waals surface area contributed by atoms with Gasteiger partial charge in [0, 0.05) is 38.7 Å². The molecule has 7 heteroatoms. The van der Waals surface area contributed by atoms with Crippen molar-refractivity contribution in [2.75, 3.05) is 26.2 Å². The average molecular weight is 378 g/mol. The second kappa shape index (κ2) is 7.07. The Morgan fingerprint density at radius 3 is 2.29 bits per heavy atom. The first-order valence-corrected chi connectivity index (χ1v) is 9.33. The Hall–Kier alpha value is -3.22. The van der Waals surface area contributed by atoms with Crippen molar-refractivity contribution < 1.29 is 14.1 Å². The van der Waals surface area contributed by atoms with Gasteiger partial charge in [-0.25, -0.2) is 4.98 Å². The highest BCUT2D eigenvalue weighted by atomic mass is 16.5. The normalized spacial score (nSPS) is 14.5. The Morgan fingerprint density at radius 2 is 1.64 bits per heavy atom. The zero-order valence-electron chi connectivity index (χ0n) is 16.2. The molecule has 2 aromatic heterocycles. The van der Waals surface area contributed by atoms with E-state index >= 15 is 0 Å². The van der Waals surface area contributed by atoms with E-state index in [2.05, 4.69) is 10.1 Å². The molecule has 0 radical (unpaired) electrons. The van der Waals surface area contributed by atoms with E-state index < -0.39 is 0 Å². The van der Waals surface area contributed by atoms with Crippen LogP contribution < -0.4 is 0 Å². The molecule has 0 bridgehead atoms. The van der Waals surface area contributed by atoms with Crippen LogP contribution in [0.2, 0.25) is 0 Å². The van der Waals surface area contributed by atoms with Gasteiger partial charge in [-0.3, -0.25) is 9.59 Å². The Kier molecular flexibility index (Phi) is 4.58. The Labute approximate surface area is 162 Å². The summed E-state index contributed by atoms with van der Waals surface area (Å²) in [6, 6.07) is 9.79. The number of aryl methyl sites for hydroxylation is 2. The zero-order valence-corrected chi connectivity index (χ0v) is 16.2. The van der Waals surface area contributed by atoms with Crippen LogP contribution in [-0.4, -0.2) is 57.9 Å². The maximum absolute atomic E-state index is 13.3. The van der Waals surface area contributed by atoms with Crippen LogP contribution in [0.4, 0.5) is 0 Å². The van der Waals surface area contributed by atoms with Crippen molar-refractivity contribution in [3.8, 4) is 11.3 Å². The maximum Gasteiger partial charge on any atom is 0.259 e. The Bertz CT molecular complexity index is 1050. The van der Waals surface area contributed by atoms with Crippen LogP contribution in [0, 0.1) is 13.8 Å². The standard InChI is InChI=1S/C21H22N4O3/c1-13-4-6-16(7-5-13)18-12-17(19-14(2)23-28-20(19)22-18)21(27)25-10-8-24(9-11-25)15(3)26/h4-7,12H,8-11H2,1-3H3.